The summed E-state index contributed by atoms with van der Waals surface area (Å²) in [6.07, 6.45) is 0.805. The number of rotatable bonds is 5. The predicted molar refractivity (Wildman–Crippen MR) is 64.0 cm³/mol. The van der Waals surface area contributed by atoms with Gasteiger partial charge in [-0.2, -0.15) is 0 Å². The average molecular weight is 246 g/mol. The number of hydrogen-bond donors (Lipinski definition) is 1. The third-order valence-corrected chi connectivity index (χ3v) is 2.95. The van der Waals surface area contributed by atoms with Crippen LogP contribution in [-0.4, -0.2) is 13.7 Å². The van der Waals surface area contributed by atoms with E-state index in [0.29, 0.717) is 17.2 Å². The highest BCUT2D eigenvalue weighted by Gasteiger charge is 2.18. The Kier molecular flexibility index (Phi) is 5.19. The molecule has 0 saturated heterocycles. The van der Waals surface area contributed by atoms with Crippen molar-refractivity contribution < 1.29 is 9.13 Å². The van der Waals surface area contributed by atoms with Crippen LogP contribution in [0.2, 0.25) is 5.02 Å². The molecule has 0 spiro atoms. The molecule has 90 valence electrons. The Balaban J connectivity index is 2.75. The van der Waals surface area contributed by atoms with E-state index in [0.717, 1.165) is 6.42 Å². The Bertz CT molecular complexity index is 346. The summed E-state index contributed by atoms with van der Waals surface area (Å²) < 4.78 is 18.6. The average Bonchev–Trinajstić information content (AvgIpc) is 2.25. The van der Waals surface area contributed by atoms with E-state index in [1.165, 1.54) is 6.07 Å². The second-order valence-electron chi connectivity index (χ2n) is 3.95. The number of ether oxygens (including phenoxy) is 1. The van der Waals surface area contributed by atoms with Crippen molar-refractivity contribution >= 4 is 11.6 Å². The summed E-state index contributed by atoms with van der Waals surface area (Å²) >= 11 is 5.68. The van der Waals surface area contributed by atoms with E-state index < -0.39 is 0 Å². The third-order valence-electron chi connectivity index (χ3n) is 2.71. The van der Waals surface area contributed by atoms with Gasteiger partial charge >= 0.3 is 0 Å². The number of halogens is 2. The smallest absolute Gasteiger partial charge is 0.129 e. The van der Waals surface area contributed by atoms with Crippen molar-refractivity contribution in [2.45, 2.75) is 19.4 Å². The zero-order chi connectivity index (χ0) is 12.1. The molecule has 16 heavy (non-hydrogen) atoms. The molecule has 2 unspecified atom stereocenters. The zero-order valence-corrected chi connectivity index (χ0v) is 10.3. The molecule has 2 nitrogen and oxygen atoms in total. The molecule has 0 amide bonds. The van der Waals surface area contributed by atoms with Gasteiger partial charge in [0.1, 0.15) is 5.82 Å². The topological polar surface area (TPSA) is 35.2 Å². The highest BCUT2D eigenvalue weighted by atomic mass is 35.5. The van der Waals surface area contributed by atoms with Crippen LogP contribution in [0, 0.1) is 11.7 Å². The maximum absolute atomic E-state index is 13.6. The number of hydrogen-bond acceptors (Lipinski definition) is 2. The van der Waals surface area contributed by atoms with Crippen LogP contribution in [-0.2, 0) is 4.74 Å². The predicted octanol–water partition coefficient (Wildman–Crippen LogP) is 3.15. The zero-order valence-electron chi connectivity index (χ0n) is 9.54. The van der Waals surface area contributed by atoms with E-state index in [1.807, 2.05) is 6.92 Å². The molecular formula is C12H17ClFNO. The number of methoxy groups -OCH3 is 1. The molecule has 4 heteroatoms. The van der Waals surface area contributed by atoms with Crippen molar-refractivity contribution in [2.75, 3.05) is 13.7 Å². The molecule has 0 aromatic heterocycles. The molecule has 1 aromatic rings. The van der Waals surface area contributed by atoms with Crippen LogP contribution in [0.15, 0.2) is 18.2 Å². The highest BCUT2D eigenvalue weighted by molar-refractivity contribution is 6.30. The van der Waals surface area contributed by atoms with E-state index in [-0.39, 0.29) is 17.8 Å². The van der Waals surface area contributed by atoms with Crippen LogP contribution in [0.3, 0.4) is 0 Å². The third kappa shape index (κ3) is 3.44. The minimum absolute atomic E-state index is 0.163. The number of benzene rings is 1. The Morgan fingerprint density at radius 1 is 1.50 bits per heavy atom. The SMILES string of the molecule is COCCC(C)C(N)c1ccc(Cl)cc1F. The van der Waals surface area contributed by atoms with Crippen LogP contribution in [0.1, 0.15) is 24.9 Å². The molecule has 0 bridgehead atoms. The summed E-state index contributed by atoms with van der Waals surface area (Å²) in [4.78, 5) is 0. The first-order valence-electron chi connectivity index (χ1n) is 5.25. The summed E-state index contributed by atoms with van der Waals surface area (Å²) in [5.74, 6) is -0.181. The molecule has 0 radical (unpaired) electrons. The fourth-order valence-corrected chi connectivity index (χ4v) is 1.72. The van der Waals surface area contributed by atoms with Gasteiger partial charge in [0.25, 0.3) is 0 Å². The lowest BCUT2D eigenvalue weighted by Crippen LogP contribution is -2.21. The van der Waals surface area contributed by atoms with Crippen LogP contribution in [0.5, 0.6) is 0 Å². The minimum atomic E-state index is -0.343. The summed E-state index contributed by atoms with van der Waals surface area (Å²) in [7, 11) is 1.64. The van der Waals surface area contributed by atoms with Gasteiger partial charge < -0.3 is 10.5 Å². The van der Waals surface area contributed by atoms with Gasteiger partial charge in [0.2, 0.25) is 0 Å². The van der Waals surface area contributed by atoms with Crippen LogP contribution >= 0.6 is 11.6 Å². The second-order valence-corrected chi connectivity index (χ2v) is 4.39. The molecule has 0 fully saturated rings. The van der Waals surface area contributed by atoms with Gasteiger partial charge in [-0.25, -0.2) is 4.39 Å². The van der Waals surface area contributed by atoms with Crippen LogP contribution < -0.4 is 5.73 Å². The highest BCUT2D eigenvalue weighted by Crippen LogP contribution is 2.26. The second kappa shape index (κ2) is 6.18. The van der Waals surface area contributed by atoms with E-state index >= 15 is 0 Å². The Labute approximate surface area is 101 Å². The van der Waals surface area contributed by atoms with E-state index in [2.05, 4.69) is 0 Å². The summed E-state index contributed by atoms with van der Waals surface area (Å²) in [5.41, 5.74) is 6.50. The van der Waals surface area contributed by atoms with Gasteiger partial charge in [-0.15, -0.1) is 0 Å². The lowest BCUT2D eigenvalue weighted by atomic mass is 9.93. The molecule has 1 aromatic carbocycles. The number of nitrogens with two attached hydrogens (primary N) is 1. The minimum Gasteiger partial charge on any atom is -0.385 e. The molecule has 0 saturated carbocycles. The van der Waals surface area contributed by atoms with Gasteiger partial charge in [0, 0.05) is 30.3 Å². The van der Waals surface area contributed by atoms with E-state index in [4.69, 9.17) is 22.1 Å². The van der Waals surface area contributed by atoms with Gasteiger partial charge in [-0.3, -0.25) is 0 Å². The first kappa shape index (κ1) is 13.4. The monoisotopic (exact) mass is 245 g/mol. The van der Waals surface area contributed by atoms with Gasteiger partial charge in [-0.1, -0.05) is 24.6 Å². The normalized spacial score (nSPS) is 14.8. The van der Waals surface area contributed by atoms with Crippen LogP contribution in [0.4, 0.5) is 4.39 Å². The van der Waals surface area contributed by atoms with Crippen molar-refractivity contribution in [3.05, 3.63) is 34.6 Å². The van der Waals surface area contributed by atoms with Crippen molar-refractivity contribution in [1.29, 1.82) is 0 Å². The summed E-state index contributed by atoms with van der Waals surface area (Å²) in [6, 6.07) is 4.27. The fourth-order valence-electron chi connectivity index (χ4n) is 1.56. The van der Waals surface area contributed by atoms with Crippen molar-refractivity contribution in [1.82, 2.24) is 0 Å². The molecule has 0 aliphatic carbocycles. The summed E-state index contributed by atoms with van der Waals surface area (Å²) in [6.45, 7) is 2.61. The first-order valence-corrected chi connectivity index (χ1v) is 5.63. The molecule has 2 N–H and O–H groups in total. The van der Waals surface area contributed by atoms with Crippen molar-refractivity contribution in [3.63, 3.8) is 0 Å². The molecule has 0 heterocycles. The molecule has 1 rings (SSSR count). The molecule has 2 atom stereocenters. The standard InChI is InChI=1S/C12H17ClFNO/c1-8(5-6-16-2)12(15)10-4-3-9(13)7-11(10)14/h3-4,7-8,12H,5-6,15H2,1-2H3. The maximum atomic E-state index is 13.6. The van der Waals surface area contributed by atoms with E-state index in [1.54, 1.807) is 19.2 Å². The Morgan fingerprint density at radius 3 is 2.75 bits per heavy atom. The van der Waals surface area contributed by atoms with Gasteiger partial charge in [0.05, 0.1) is 0 Å². The van der Waals surface area contributed by atoms with Crippen molar-refractivity contribution in [2.24, 2.45) is 11.7 Å². The lowest BCUT2D eigenvalue weighted by molar-refractivity contribution is 0.174. The Hall–Kier alpha value is -0.640. The fraction of sp³-hybridized carbons (Fsp3) is 0.500. The van der Waals surface area contributed by atoms with Crippen molar-refractivity contribution in [3.8, 4) is 0 Å². The van der Waals surface area contributed by atoms with Gasteiger partial charge in [0.15, 0.2) is 0 Å². The summed E-state index contributed by atoms with van der Waals surface area (Å²) in [5, 5.41) is 0.387. The van der Waals surface area contributed by atoms with Gasteiger partial charge in [-0.05, 0) is 24.5 Å². The first-order chi connectivity index (χ1) is 7.56. The largest absolute Gasteiger partial charge is 0.385 e. The molecule has 0 aliphatic heterocycles. The molecular weight excluding hydrogens is 229 g/mol. The molecule has 0 aliphatic rings. The maximum Gasteiger partial charge on any atom is 0.129 e. The quantitative estimate of drug-likeness (QED) is 0.865. The lowest BCUT2D eigenvalue weighted by Gasteiger charge is -2.20. The van der Waals surface area contributed by atoms with Crippen LogP contribution in [0.25, 0.3) is 0 Å². The Morgan fingerprint density at radius 2 is 2.19 bits per heavy atom. The van der Waals surface area contributed by atoms with E-state index in [9.17, 15) is 4.39 Å².